The van der Waals surface area contributed by atoms with Gasteiger partial charge in [0.05, 0.1) is 0 Å². The summed E-state index contributed by atoms with van der Waals surface area (Å²) in [5, 5.41) is 0. The van der Waals surface area contributed by atoms with Crippen molar-refractivity contribution in [3.05, 3.63) is 0 Å². The second kappa shape index (κ2) is 9.13. The van der Waals surface area contributed by atoms with Crippen molar-refractivity contribution < 1.29 is 44.9 Å². The summed E-state index contributed by atoms with van der Waals surface area (Å²) in [6.07, 6.45) is 0. The first-order valence-electron chi connectivity index (χ1n) is 0.309. The monoisotopic (exact) mass is 268 g/mol. The molecule has 4 heavy (non-hydrogen) atoms. The summed E-state index contributed by atoms with van der Waals surface area (Å²) >= 11 is -1.44. The second-order valence-corrected chi connectivity index (χ2v) is 0.260. The van der Waals surface area contributed by atoms with Gasteiger partial charge in [-0.25, -0.2) is 0 Å². The summed E-state index contributed by atoms with van der Waals surface area (Å²) in [4.78, 5) is 0. The minimum Gasteiger partial charge on any atom is 0 e. The zero-order valence-electron chi connectivity index (χ0n) is 1.64. The molecule has 4 heteroatoms. The quantitative estimate of drug-likeness (QED) is 0.568. The number of hydrogen-bond acceptors (Lipinski definition) is 2. The van der Waals surface area contributed by atoms with Crippen LogP contribution < -0.4 is 0 Å². The van der Waals surface area contributed by atoms with E-state index in [1.54, 1.807) is 0 Å². The van der Waals surface area contributed by atoms with Crippen molar-refractivity contribution in [3.63, 3.8) is 0 Å². The third kappa shape index (κ3) is 13.4. The summed E-state index contributed by atoms with van der Waals surface area (Å²) in [7, 11) is 0. The van der Waals surface area contributed by atoms with E-state index in [9.17, 15) is 0 Å². The van der Waals surface area contributed by atoms with Crippen molar-refractivity contribution >= 4 is 0 Å². The Morgan fingerprint density at radius 1 is 1.25 bits per heavy atom. The Bertz CT molecular complexity index is 27.0. The van der Waals surface area contributed by atoms with Gasteiger partial charge in [0.1, 0.15) is 0 Å². The molecule has 0 aliphatic rings. The zero-order chi connectivity index (χ0) is 2.71. The first-order chi connectivity index (χ1) is 1.41. The van der Waals surface area contributed by atoms with Gasteiger partial charge in [0.25, 0.3) is 0 Å². The van der Waals surface area contributed by atoms with Gasteiger partial charge >= 0.3 is 22.5 Å². The van der Waals surface area contributed by atoms with Crippen molar-refractivity contribution in [1.82, 2.24) is 0 Å². The van der Waals surface area contributed by atoms with Crippen molar-refractivity contribution in [1.29, 1.82) is 0 Å². The van der Waals surface area contributed by atoms with E-state index in [1.807, 2.05) is 0 Å². The van der Waals surface area contributed by atoms with E-state index in [2.05, 4.69) is 0 Å². The fourth-order valence-electron chi connectivity index (χ4n) is 0. The van der Waals surface area contributed by atoms with Gasteiger partial charge < -0.3 is 0 Å². The maximum Gasteiger partial charge on any atom is 0 e. The van der Waals surface area contributed by atoms with E-state index in [-0.39, 0.29) is 22.4 Å². The Kier molecular flexibility index (Phi) is 20.2. The van der Waals surface area contributed by atoms with Crippen LogP contribution in [0.4, 0.5) is 0 Å². The molecule has 0 fully saturated rings. The van der Waals surface area contributed by atoms with Crippen LogP contribution in [0.1, 0.15) is 0 Å². The fourth-order valence-corrected chi connectivity index (χ4v) is 0. The molecule has 0 saturated carbocycles. The molecule has 0 unspecified atom stereocenters. The van der Waals surface area contributed by atoms with E-state index in [4.69, 9.17) is 7.67 Å². The first kappa shape index (κ1) is 8.85. The average Bonchev–Trinajstić information content (AvgIpc) is 0.918. The molecular formula is MnO2Ta. The van der Waals surface area contributed by atoms with E-state index in [0.29, 0.717) is 0 Å². The number of rotatable bonds is 0. The Labute approximate surface area is 45.0 Å². The van der Waals surface area contributed by atoms with Gasteiger partial charge in [0.15, 0.2) is 0 Å². The molecule has 0 aromatic heterocycles. The van der Waals surface area contributed by atoms with Crippen LogP contribution in [-0.4, -0.2) is 0 Å². The van der Waals surface area contributed by atoms with Crippen LogP contribution in [0.2, 0.25) is 0 Å². The van der Waals surface area contributed by atoms with E-state index >= 15 is 0 Å². The predicted octanol–water partition coefficient (Wildman–Crippen LogP) is -0.243. The van der Waals surface area contributed by atoms with Crippen molar-refractivity contribution in [3.8, 4) is 0 Å². The van der Waals surface area contributed by atoms with Gasteiger partial charge in [0, 0.05) is 22.4 Å². The van der Waals surface area contributed by atoms with Gasteiger partial charge in [-0.2, -0.15) is 0 Å². The Morgan fingerprint density at radius 2 is 1.25 bits per heavy atom. The third-order valence-electron chi connectivity index (χ3n) is 0. The summed E-state index contributed by atoms with van der Waals surface area (Å²) in [6, 6.07) is 0. The second-order valence-electron chi connectivity index (χ2n) is 0.0630. The van der Waals surface area contributed by atoms with E-state index < -0.39 is 14.8 Å². The molecule has 24 valence electrons. The van der Waals surface area contributed by atoms with Gasteiger partial charge in [-0.15, -0.1) is 0 Å². The zero-order valence-corrected chi connectivity index (χ0v) is 6.04. The van der Waals surface area contributed by atoms with Crippen LogP contribution in [0.15, 0.2) is 0 Å². The molecule has 0 heterocycles. The van der Waals surface area contributed by atoms with Crippen LogP contribution in [0.25, 0.3) is 0 Å². The van der Waals surface area contributed by atoms with Crippen molar-refractivity contribution in [2.45, 2.75) is 0 Å². The maximum absolute atomic E-state index is 8.41. The summed E-state index contributed by atoms with van der Waals surface area (Å²) in [5.74, 6) is 0. The van der Waals surface area contributed by atoms with Crippen LogP contribution in [-0.2, 0) is 44.9 Å². The Hall–Kier alpha value is 0.860. The molecule has 0 amide bonds. The van der Waals surface area contributed by atoms with Crippen molar-refractivity contribution in [2.75, 3.05) is 0 Å². The molecular weight excluding hydrogens is 268 g/mol. The minimum absolute atomic E-state index is 0. The Balaban J connectivity index is 0. The Morgan fingerprint density at radius 3 is 1.25 bits per heavy atom. The van der Waals surface area contributed by atoms with E-state index in [1.165, 1.54) is 0 Å². The standard InChI is InChI=1S/Mn.2O.Ta. The summed E-state index contributed by atoms with van der Waals surface area (Å²) < 4.78 is 16.8. The molecule has 1 radical (unpaired) electrons. The molecule has 0 bridgehead atoms. The van der Waals surface area contributed by atoms with Crippen LogP contribution >= 0.6 is 0 Å². The third-order valence-corrected chi connectivity index (χ3v) is 0. The molecule has 0 N–H and O–H groups in total. The molecule has 0 aliphatic carbocycles. The molecule has 0 aromatic carbocycles. The molecule has 0 rings (SSSR count). The van der Waals surface area contributed by atoms with E-state index in [0.717, 1.165) is 0 Å². The maximum atomic E-state index is 8.41. The van der Waals surface area contributed by atoms with Gasteiger partial charge in [0.2, 0.25) is 0 Å². The summed E-state index contributed by atoms with van der Waals surface area (Å²) in [6.45, 7) is 0. The molecule has 0 saturated heterocycles. The SMILES string of the molecule is [O]=[Mn]=[O].[Ta]. The fraction of sp³-hybridized carbons (Fsp3) is 0. The van der Waals surface area contributed by atoms with Gasteiger partial charge in [-0.05, 0) is 0 Å². The normalized spacial score (nSPS) is 3.00. The van der Waals surface area contributed by atoms with Crippen LogP contribution in [0.3, 0.4) is 0 Å². The van der Waals surface area contributed by atoms with Crippen LogP contribution in [0.5, 0.6) is 0 Å². The molecule has 0 aromatic rings. The predicted molar refractivity (Wildman–Crippen MR) is 1.37 cm³/mol. The topological polar surface area (TPSA) is 34.1 Å². The summed E-state index contributed by atoms with van der Waals surface area (Å²) in [5.41, 5.74) is 0. The molecule has 2 nitrogen and oxygen atoms in total. The van der Waals surface area contributed by atoms with Gasteiger partial charge in [-0.1, -0.05) is 0 Å². The molecule has 0 aliphatic heterocycles. The van der Waals surface area contributed by atoms with Gasteiger partial charge in [-0.3, -0.25) is 0 Å². The largest absolute Gasteiger partial charge is 0 e. The number of hydrogen-bond donors (Lipinski definition) is 0. The molecule has 0 spiro atoms. The average molecular weight is 268 g/mol. The minimum atomic E-state index is -1.44. The smallest absolute Gasteiger partial charge is 0 e. The van der Waals surface area contributed by atoms with Crippen molar-refractivity contribution in [2.24, 2.45) is 0 Å². The molecule has 0 atom stereocenters. The first-order valence-corrected chi connectivity index (χ1v) is 1.27. The van der Waals surface area contributed by atoms with Crippen LogP contribution in [0, 0.1) is 0 Å².